The van der Waals surface area contributed by atoms with E-state index in [1.54, 1.807) is 24.3 Å². The van der Waals surface area contributed by atoms with Crippen LogP contribution in [-0.4, -0.2) is 28.9 Å². The largest absolute Gasteiger partial charge is 0.481 e. The molecule has 0 aliphatic heterocycles. The predicted molar refractivity (Wildman–Crippen MR) is 97.9 cm³/mol. The molecule has 2 fully saturated rings. The molecule has 2 amide bonds. The maximum absolute atomic E-state index is 12.4. The predicted octanol–water partition coefficient (Wildman–Crippen LogP) is 3.19. The van der Waals surface area contributed by atoms with Crippen molar-refractivity contribution in [3.63, 3.8) is 0 Å². The first kappa shape index (κ1) is 18.4. The summed E-state index contributed by atoms with van der Waals surface area (Å²) in [6.45, 7) is 0. The van der Waals surface area contributed by atoms with Crippen molar-refractivity contribution in [2.24, 2.45) is 11.8 Å². The van der Waals surface area contributed by atoms with Crippen LogP contribution in [0.2, 0.25) is 0 Å². The molecule has 0 spiro atoms. The van der Waals surface area contributed by atoms with Gasteiger partial charge in [-0.15, -0.1) is 0 Å². The maximum Gasteiger partial charge on any atom is 0.306 e. The van der Waals surface area contributed by atoms with Gasteiger partial charge in [-0.25, -0.2) is 0 Å². The number of benzene rings is 1. The summed E-state index contributed by atoms with van der Waals surface area (Å²) in [5.41, 5.74) is 1.21. The monoisotopic (exact) mass is 358 g/mol. The van der Waals surface area contributed by atoms with E-state index in [0.29, 0.717) is 24.1 Å². The van der Waals surface area contributed by atoms with Gasteiger partial charge in [0.2, 0.25) is 5.91 Å². The quantitative estimate of drug-likeness (QED) is 0.753. The lowest BCUT2D eigenvalue weighted by Crippen LogP contribution is -2.32. The third kappa shape index (κ3) is 4.62. The number of carboxylic acids is 1. The van der Waals surface area contributed by atoms with Gasteiger partial charge in [0.15, 0.2) is 0 Å². The van der Waals surface area contributed by atoms with Crippen LogP contribution in [0.1, 0.15) is 61.7 Å². The fourth-order valence-electron chi connectivity index (χ4n) is 3.94. The van der Waals surface area contributed by atoms with Crippen molar-refractivity contribution in [2.75, 3.05) is 5.32 Å². The van der Waals surface area contributed by atoms with E-state index < -0.39 is 11.9 Å². The molecule has 2 aliphatic rings. The number of anilines is 1. The molecule has 0 saturated heterocycles. The Hall–Kier alpha value is -2.37. The zero-order valence-corrected chi connectivity index (χ0v) is 14.9. The zero-order valence-electron chi connectivity index (χ0n) is 14.9. The lowest BCUT2D eigenvalue weighted by atomic mass is 9.81. The molecule has 2 aliphatic carbocycles. The number of aliphatic carboxylic acids is 1. The average molecular weight is 358 g/mol. The highest BCUT2D eigenvalue weighted by Gasteiger charge is 2.31. The summed E-state index contributed by atoms with van der Waals surface area (Å²) < 4.78 is 0. The van der Waals surface area contributed by atoms with Crippen LogP contribution in [0.3, 0.4) is 0 Å². The van der Waals surface area contributed by atoms with Gasteiger partial charge in [0.25, 0.3) is 5.91 Å². The van der Waals surface area contributed by atoms with Gasteiger partial charge < -0.3 is 15.7 Å². The lowest BCUT2D eigenvalue weighted by molar-refractivity contribution is -0.143. The molecular weight excluding hydrogens is 332 g/mol. The molecule has 2 atom stereocenters. The molecule has 26 heavy (non-hydrogen) atoms. The Bertz CT molecular complexity index is 665. The Kier molecular flexibility index (Phi) is 5.91. The molecule has 140 valence electrons. The van der Waals surface area contributed by atoms with E-state index in [1.165, 1.54) is 12.8 Å². The molecule has 0 radical (unpaired) electrons. The molecule has 0 aromatic heterocycles. The van der Waals surface area contributed by atoms with E-state index in [1.807, 2.05) is 0 Å². The SMILES string of the molecule is O=C(NC1CCCC1)c1ccc(NC(=O)C2CCCC(C(=O)O)C2)cc1. The van der Waals surface area contributed by atoms with Gasteiger partial charge in [-0.2, -0.15) is 0 Å². The van der Waals surface area contributed by atoms with Crippen molar-refractivity contribution in [2.45, 2.75) is 57.4 Å². The van der Waals surface area contributed by atoms with Gasteiger partial charge in [0.05, 0.1) is 5.92 Å². The minimum absolute atomic E-state index is 0.0774. The minimum atomic E-state index is -0.819. The molecule has 3 rings (SSSR count). The summed E-state index contributed by atoms with van der Waals surface area (Å²) in [6, 6.07) is 7.13. The molecule has 6 heteroatoms. The van der Waals surface area contributed by atoms with E-state index in [9.17, 15) is 14.4 Å². The van der Waals surface area contributed by atoms with E-state index >= 15 is 0 Å². The van der Waals surface area contributed by atoms with Crippen LogP contribution < -0.4 is 10.6 Å². The first-order valence-corrected chi connectivity index (χ1v) is 9.47. The molecule has 0 heterocycles. The van der Waals surface area contributed by atoms with Gasteiger partial charge in [-0.05, 0) is 56.4 Å². The second-order valence-corrected chi connectivity index (χ2v) is 7.42. The highest BCUT2D eigenvalue weighted by molar-refractivity contribution is 5.96. The van der Waals surface area contributed by atoms with Crippen molar-refractivity contribution in [3.8, 4) is 0 Å². The summed E-state index contributed by atoms with van der Waals surface area (Å²) in [5, 5.41) is 15.0. The van der Waals surface area contributed by atoms with Crippen LogP contribution in [-0.2, 0) is 9.59 Å². The van der Waals surface area contributed by atoms with Crippen molar-refractivity contribution >= 4 is 23.5 Å². The van der Waals surface area contributed by atoms with Crippen LogP contribution in [0.5, 0.6) is 0 Å². The maximum atomic E-state index is 12.4. The number of hydrogen-bond acceptors (Lipinski definition) is 3. The third-order valence-corrected chi connectivity index (χ3v) is 5.50. The van der Waals surface area contributed by atoms with E-state index in [0.717, 1.165) is 25.7 Å². The number of amides is 2. The van der Waals surface area contributed by atoms with Gasteiger partial charge in [0.1, 0.15) is 0 Å². The lowest BCUT2D eigenvalue weighted by Gasteiger charge is -2.25. The van der Waals surface area contributed by atoms with Crippen molar-refractivity contribution in [1.29, 1.82) is 0 Å². The number of carbonyl (C=O) groups excluding carboxylic acids is 2. The van der Waals surface area contributed by atoms with Gasteiger partial charge in [-0.1, -0.05) is 19.3 Å². The van der Waals surface area contributed by atoms with Gasteiger partial charge in [0, 0.05) is 23.2 Å². The molecule has 6 nitrogen and oxygen atoms in total. The standard InChI is InChI=1S/C20H26N2O4/c23-18(21-16-6-1-2-7-16)13-8-10-17(11-9-13)22-19(24)14-4-3-5-15(12-14)20(25)26/h8-11,14-16H,1-7,12H2,(H,21,23)(H,22,24)(H,25,26). The smallest absolute Gasteiger partial charge is 0.306 e. The summed E-state index contributed by atoms with van der Waals surface area (Å²) in [5.74, 6) is -1.73. The second-order valence-electron chi connectivity index (χ2n) is 7.42. The fraction of sp³-hybridized carbons (Fsp3) is 0.550. The number of nitrogens with one attached hydrogen (secondary N) is 2. The highest BCUT2D eigenvalue weighted by Crippen LogP contribution is 2.30. The third-order valence-electron chi connectivity index (χ3n) is 5.50. The Morgan fingerprint density at radius 1 is 0.885 bits per heavy atom. The number of rotatable bonds is 5. The Morgan fingerprint density at radius 2 is 1.54 bits per heavy atom. The Balaban J connectivity index is 1.54. The highest BCUT2D eigenvalue weighted by atomic mass is 16.4. The van der Waals surface area contributed by atoms with Crippen LogP contribution in [0.25, 0.3) is 0 Å². The van der Waals surface area contributed by atoms with E-state index in [4.69, 9.17) is 5.11 Å². The summed E-state index contributed by atoms with van der Waals surface area (Å²) in [6.07, 6.45) is 6.93. The summed E-state index contributed by atoms with van der Waals surface area (Å²) in [7, 11) is 0. The van der Waals surface area contributed by atoms with Crippen molar-refractivity contribution < 1.29 is 19.5 Å². The average Bonchev–Trinajstić information content (AvgIpc) is 3.15. The first-order chi connectivity index (χ1) is 12.5. The molecule has 1 aromatic carbocycles. The molecule has 3 N–H and O–H groups in total. The molecular formula is C20H26N2O4. The first-order valence-electron chi connectivity index (χ1n) is 9.47. The molecule has 2 unspecified atom stereocenters. The molecule has 0 bridgehead atoms. The van der Waals surface area contributed by atoms with Crippen LogP contribution in [0.15, 0.2) is 24.3 Å². The van der Waals surface area contributed by atoms with Crippen LogP contribution in [0, 0.1) is 11.8 Å². The topological polar surface area (TPSA) is 95.5 Å². The van der Waals surface area contributed by atoms with Crippen LogP contribution in [0.4, 0.5) is 5.69 Å². The fourth-order valence-corrected chi connectivity index (χ4v) is 3.94. The molecule has 1 aromatic rings. The Morgan fingerprint density at radius 3 is 2.19 bits per heavy atom. The van der Waals surface area contributed by atoms with Gasteiger partial charge in [-0.3, -0.25) is 14.4 Å². The number of hydrogen-bond donors (Lipinski definition) is 3. The minimum Gasteiger partial charge on any atom is -0.481 e. The summed E-state index contributed by atoms with van der Waals surface area (Å²) in [4.78, 5) is 35.8. The van der Waals surface area contributed by atoms with Gasteiger partial charge >= 0.3 is 5.97 Å². The van der Waals surface area contributed by atoms with Crippen LogP contribution >= 0.6 is 0 Å². The van der Waals surface area contributed by atoms with Crippen molar-refractivity contribution in [1.82, 2.24) is 5.32 Å². The summed E-state index contributed by atoms with van der Waals surface area (Å²) >= 11 is 0. The van der Waals surface area contributed by atoms with E-state index in [2.05, 4.69) is 10.6 Å². The Labute approximate surface area is 153 Å². The van der Waals surface area contributed by atoms with E-state index in [-0.39, 0.29) is 23.8 Å². The molecule has 2 saturated carbocycles. The second kappa shape index (κ2) is 8.34. The number of carbonyl (C=O) groups is 3. The zero-order chi connectivity index (χ0) is 18.5. The normalized spacial score (nSPS) is 23.4. The number of carboxylic acid groups (broad SMARTS) is 1. The van der Waals surface area contributed by atoms with Crippen molar-refractivity contribution in [3.05, 3.63) is 29.8 Å².